The number of carbonyl (C=O) groups is 2. The highest BCUT2D eigenvalue weighted by Gasteiger charge is 2.35. The number of thiophene rings is 1. The highest BCUT2D eigenvalue weighted by Crippen LogP contribution is 2.37. The third kappa shape index (κ3) is 4.52. The zero-order valence-electron chi connectivity index (χ0n) is 17.6. The number of carbonyl (C=O) groups excluding carboxylic acids is 2. The van der Waals surface area contributed by atoms with E-state index in [0.29, 0.717) is 42.1 Å². The van der Waals surface area contributed by atoms with Gasteiger partial charge in [-0.15, -0.1) is 11.3 Å². The summed E-state index contributed by atoms with van der Waals surface area (Å²) in [4.78, 5) is 27.2. The molecule has 0 saturated carbocycles. The van der Waals surface area contributed by atoms with Crippen LogP contribution in [-0.4, -0.2) is 38.8 Å². The molecule has 0 saturated heterocycles. The molecule has 3 rings (SSSR count). The summed E-state index contributed by atoms with van der Waals surface area (Å²) in [5.74, 6) is -0.643. The van der Waals surface area contributed by atoms with Gasteiger partial charge in [-0.1, -0.05) is 13.0 Å². The zero-order chi connectivity index (χ0) is 22.1. The number of fused-ring (bicyclic) bond motifs is 1. The normalized spacial score (nSPS) is 13.7. The van der Waals surface area contributed by atoms with Crippen molar-refractivity contribution < 1.29 is 22.7 Å². The minimum absolute atomic E-state index is 0.0361. The number of amides is 1. The van der Waals surface area contributed by atoms with Crippen molar-refractivity contribution in [1.82, 2.24) is 4.90 Å². The summed E-state index contributed by atoms with van der Waals surface area (Å²) in [6.45, 7) is 6.47. The smallest absolute Gasteiger partial charge is 0.340 e. The first-order valence-corrected chi connectivity index (χ1v) is 12.1. The van der Waals surface area contributed by atoms with Crippen molar-refractivity contribution in [2.24, 2.45) is 0 Å². The van der Waals surface area contributed by atoms with Crippen LogP contribution < -0.4 is 4.72 Å². The van der Waals surface area contributed by atoms with E-state index < -0.39 is 16.0 Å². The first kappa shape index (κ1) is 22.3. The van der Waals surface area contributed by atoms with Gasteiger partial charge in [0.1, 0.15) is 0 Å². The molecule has 0 spiro atoms. The van der Waals surface area contributed by atoms with E-state index in [1.807, 2.05) is 26.8 Å². The average molecular weight is 451 g/mol. The molecule has 2 aromatic rings. The molecule has 7 nitrogen and oxygen atoms in total. The second kappa shape index (κ2) is 8.77. The Morgan fingerprint density at radius 3 is 2.47 bits per heavy atom. The van der Waals surface area contributed by atoms with Crippen LogP contribution in [0, 0.1) is 13.8 Å². The molecule has 0 radical (unpaired) electrons. The minimum atomic E-state index is -4.01. The Morgan fingerprint density at radius 1 is 1.20 bits per heavy atom. The Balaban J connectivity index is 2.02. The molecule has 0 fully saturated rings. The van der Waals surface area contributed by atoms with Gasteiger partial charge in [0.25, 0.3) is 10.0 Å². The van der Waals surface area contributed by atoms with Crippen LogP contribution >= 0.6 is 11.3 Å². The lowest BCUT2D eigenvalue weighted by atomic mass is 10.0. The van der Waals surface area contributed by atoms with Crippen molar-refractivity contribution >= 4 is 38.9 Å². The van der Waals surface area contributed by atoms with Crippen molar-refractivity contribution in [1.29, 1.82) is 0 Å². The quantitative estimate of drug-likeness (QED) is 0.679. The summed E-state index contributed by atoms with van der Waals surface area (Å²) in [5.41, 5.74) is 3.03. The van der Waals surface area contributed by atoms with E-state index in [0.717, 1.165) is 28.9 Å². The molecule has 1 aromatic heterocycles. The molecular formula is C21H26N2O5S2. The first-order valence-electron chi connectivity index (χ1n) is 9.78. The number of anilines is 1. The zero-order valence-corrected chi connectivity index (χ0v) is 19.2. The molecule has 0 bridgehead atoms. The monoisotopic (exact) mass is 450 g/mol. The lowest BCUT2D eigenvalue weighted by Crippen LogP contribution is -2.35. The standard InChI is InChI=1S/C21H26N2O5S2/c1-5-6-18(24)23-8-7-16-17(12-23)29-21(19(16)20(25)28-4)30(26,27)22-15-10-13(2)9-14(3)11-15/h9-11,22H,5-8,12H2,1-4H3. The summed E-state index contributed by atoms with van der Waals surface area (Å²) >= 11 is 1.03. The fourth-order valence-corrected chi connectivity index (χ4v) is 6.64. The highest BCUT2D eigenvalue weighted by molar-refractivity contribution is 7.94. The molecule has 0 unspecified atom stereocenters. The van der Waals surface area contributed by atoms with Crippen molar-refractivity contribution in [2.45, 2.75) is 50.8 Å². The van der Waals surface area contributed by atoms with E-state index >= 15 is 0 Å². The molecule has 1 aliphatic heterocycles. The van der Waals surface area contributed by atoms with Crippen LogP contribution in [0.3, 0.4) is 0 Å². The number of ether oxygens (including phenoxy) is 1. The number of methoxy groups -OCH3 is 1. The first-order chi connectivity index (χ1) is 14.2. The van der Waals surface area contributed by atoms with Gasteiger partial charge in [0.2, 0.25) is 5.91 Å². The van der Waals surface area contributed by atoms with Gasteiger partial charge >= 0.3 is 5.97 Å². The number of nitrogens with zero attached hydrogens (tertiary/aromatic N) is 1. The van der Waals surface area contributed by atoms with E-state index in [1.54, 1.807) is 17.0 Å². The number of esters is 1. The topological polar surface area (TPSA) is 92.8 Å². The number of sulfonamides is 1. The highest BCUT2D eigenvalue weighted by atomic mass is 32.2. The number of nitrogens with one attached hydrogen (secondary N) is 1. The summed E-state index contributed by atoms with van der Waals surface area (Å²) in [5, 5.41) is 0. The van der Waals surface area contributed by atoms with Crippen LogP contribution in [-0.2, 0) is 32.5 Å². The van der Waals surface area contributed by atoms with Gasteiger partial charge in [-0.2, -0.15) is 0 Å². The second-order valence-electron chi connectivity index (χ2n) is 7.46. The van der Waals surface area contributed by atoms with E-state index in [2.05, 4.69) is 4.72 Å². The fourth-order valence-electron chi connectivity index (χ4n) is 3.70. The summed E-state index contributed by atoms with van der Waals surface area (Å²) < 4.78 is 33.8. The number of rotatable bonds is 6. The van der Waals surface area contributed by atoms with Gasteiger partial charge in [0, 0.05) is 23.5 Å². The lowest BCUT2D eigenvalue weighted by molar-refractivity contribution is -0.132. The molecule has 30 heavy (non-hydrogen) atoms. The van der Waals surface area contributed by atoms with E-state index in [1.165, 1.54) is 7.11 Å². The van der Waals surface area contributed by atoms with Crippen LogP contribution in [0.1, 0.15) is 51.7 Å². The third-order valence-electron chi connectivity index (χ3n) is 4.95. The number of benzene rings is 1. The van der Waals surface area contributed by atoms with Crippen LogP contribution in [0.15, 0.2) is 22.4 Å². The summed E-state index contributed by atoms with van der Waals surface area (Å²) in [6, 6.07) is 5.42. The summed E-state index contributed by atoms with van der Waals surface area (Å²) in [6.07, 6.45) is 1.62. The van der Waals surface area contributed by atoms with Crippen molar-refractivity contribution in [3.8, 4) is 0 Å². The maximum absolute atomic E-state index is 13.2. The van der Waals surface area contributed by atoms with Crippen LogP contribution in [0.25, 0.3) is 0 Å². The van der Waals surface area contributed by atoms with Gasteiger partial charge in [-0.25, -0.2) is 13.2 Å². The van der Waals surface area contributed by atoms with Crippen LogP contribution in [0.5, 0.6) is 0 Å². The van der Waals surface area contributed by atoms with Crippen LogP contribution in [0.4, 0.5) is 5.69 Å². The number of aryl methyl sites for hydroxylation is 2. The number of hydrogen-bond donors (Lipinski definition) is 1. The van der Waals surface area contributed by atoms with Crippen molar-refractivity contribution in [3.63, 3.8) is 0 Å². The van der Waals surface area contributed by atoms with Crippen LogP contribution in [0.2, 0.25) is 0 Å². The van der Waals surface area contributed by atoms with E-state index in [9.17, 15) is 18.0 Å². The SMILES string of the molecule is CCCC(=O)N1CCc2c(sc(S(=O)(=O)Nc3cc(C)cc(C)c3)c2C(=O)OC)C1. The molecule has 0 atom stereocenters. The molecule has 2 heterocycles. The third-order valence-corrected chi connectivity index (χ3v) is 8.07. The Bertz CT molecular complexity index is 1070. The Kier molecular flexibility index (Phi) is 6.52. The Hall–Kier alpha value is -2.39. The van der Waals surface area contributed by atoms with Gasteiger partial charge < -0.3 is 9.64 Å². The lowest BCUT2D eigenvalue weighted by Gasteiger charge is -2.27. The Labute approximate surface area is 181 Å². The Morgan fingerprint density at radius 2 is 1.87 bits per heavy atom. The predicted molar refractivity (Wildman–Crippen MR) is 116 cm³/mol. The molecular weight excluding hydrogens is 424 g/mol. The molecule has 1 aliphatic rings. The molecule has 162 valence electrons. The predicted octanol–water partition coefficient (Wildman–Crippen LogP) is 3.64. The van der Waals surface area contributed by atoms with E-state index in [-0.39, 0.29) is 15.7 Å². The van der Waals surface area contributed by atoms with Gasteiger partial charge in [0.15, 0.2) is 4.21 Å². The molecule has 1 aromatic carbocycles. The molecule has 1 amide bonds. The number of hydrogen-bond acceptors (Lipinski definition) is 6. The minimum Gasteiger partial charge on any atom is -0.465 e. The maximum Gasteiger partial charge on any atom is 0.340 e. The average Bonchev–Trinajstić information content (AvgIpc) is 3.06. The molecule has 0 aliphatic carbocycles. The van der Waals surface area contributed by atoms with Gasteiger partial charge in [-0.05, 0) is 55.5 Å². The van der Waals surface area contributed by atoms with Crippen molar-refractivity contribution in [2.75, 3.05) is 18.4 Å². The fraction of sp³-hybridized carbons (Fsp3) is 0.429. The van der Waals surface area contributed by atoms with Gasteiger partial charge in [-0.3, -0.25) is 9.52 Å². The van der Waals surface area contributed by atoms with E-state index in [4.69, 9.17) is 4.74 Å². The van der Waals surface area contributed by atoms with Crippen molar-refractivity contribution in [3.05, 3.63) is 45.3 Å². The summed E-state index contributed by atoms with van der Waals surface area (Å²) in [7, 11) is -2.77. The largest absolute Gasteiger partial charge is 0.465 e. The second-order valence-corrected chi connectivity index (χ2v) is 10.4. The maximum atomic E-state index is 13.2. The van der Waals surface area contributed by atoms with Gasteiger partial charge in [0.05, 0.1) is 19.2 Å². The molecule has 9 heteroatoms. The molecule has 1 N–H and O–H groups in total.